The van der Waals surface area contributed by atoms with Crippen LogP contribution in [0.1, 0.15) is 17.3 Å². The summed E-state index contributed by atoms with van der Waals surface area (Å²) in [5.74, 6) is -0.0770. The number of anilines is 1. The topological polar surface area (TPSA) is 47.6 Å². The molecule has 0 radical (unpaired) electrons. The molecule has 0 unspecified atom stereocenters. The van der Waals surface area contributed by atoms with Gasteiger partial charge in [0.25, 0.3) is 5.91 Å². The average molecular weight is 325 g/mol. The second-order valence-corrected chi connectivity index (χ2v) is 4.48. The summed E-state index contributed by atoms with van der Waals surface area (Å²) in [4.78, 5) is 12.0. The maximum Gasteiger partial charge on any atom is 0.573 e. The molecule has 4 nitrogen and oxygen atoms in total. The predicted octanol–water partition coefficient (Wildman–Crippen LogP) is 4.24. The molecule has 23 heavy (non-hydrogen) atoms. The van der Waals surface area contributed by atoms with Gasteiger partial charge in [0.1, 0.15) is 11.5 Å². The van der Waals surface area contributed by atoms with Crippen LogP contribution in [0.5, 0.6) is 11.5 Å². The Morgan fingerprint density at radius 2 is 1.57 bits per heavy atom. The second kappa shape index (κ2) is 7.04. The van der Waals surface area contributed by atoms with E-state index in [-0.39, 0.29) is 11.7 Å². The van der Waals surface area contributed by atoms with E-state index in [0.717, 1.165) is 12.1 Å². The molecule has 0 aromatic heterocycles. The van der Waals surface area contributed by atoms with Gasteiger partial charge in [0.2, 0.25) is 0 Å². The van der Waals surface area contributed by atoms with Gasteiger partial charge in [-0.2, -0.15) is 0 Å². The van der Waals surface area contributed by atoms with E-state index in [1.807, 2.05) is 6.92 Å². The summed E-state index contributed by atoms with van der Waals surface area (Å²) >= 11 is 0. The lowest BCUT2D eigenvalue weighted by Gasteiger charge is -2.10. The fraction of sp³-hybridized carbons (Fsp3) is 0.188. The third kappa shape index (κ3) is 5.21. The van der Waals surface area contributed by atoms with Gasteiger partial charge in [0, 0.05) is 11.3 Å². The van der Waals surface area contributed by atoms with Gasteiger partial charge in [-0.15, -0.1) is 13.2 Å². The molecule has 2 aromatic carbocycles. The molecule has 2 rings (SSSR count). The summed E-state index contributed by atoms with van der Waals surface area (Å²) in [5, 5.41) is 2.58. The first-order valence-corrected chi connectivity index (χ1v) is 6.77. The number of ether oxygens (including phenoxy) is 2. The summed E-state index contributed by atoms with van der Waals surface area (Å²) in [7, 11) is 0. The van der Waals surface area contributed by atoms with Crippen LogP contribution >= 0.6 is 0 Å². The van der Waals surface area contributed by atoms with Crippen LogP contribution in [0.4, 0.5) is 18.9 Å². The van der Waals surface area contributed by atoms with Crippen LogP contribution in [-0.2, 0) is 0 Å². The fourth-order valence-corrected chi connectivity index (χ4v) is 1.81. The lowest BCUT2D eigenvalue weighted by molar-refractivity contribution is -0.274. The number of nitrogens with one attached hydrogen (secondary N) is 1. The van der Waals surface area contributed by atoms with Gasteiger partial charge >= 0.3 is 6.36 Å². The molecule has 0 fully saturated rings. The maximum absolute atomic E-state index is 12.1. The number of carbonyl (C=O) groups excluding carboxylic acids is 1. The van der Waals surface area contributed by atoms with Crippen molar-refractivity contribution in [2.45, 2.75) is 13.3 Å². The first-order chi connectivity index (χ1) is 10.9. The normalized spacial score (nSPS) is 11.0. The van der Waals surface area contributed by atoms with Crippen molar-refractivity contribution < 1.29 is 27.4 Å². The Morgan fingerprint density at radius 1 is 1.00 bits per heavy atom. The Kier molecular flexibility index (Phi) is 5.10. The number of benzene rings is 2. The molecule has 0 aliphatic carbocycles. The van der Waals surface area contributed by atoms with Crippen LogP contribution < -0.4 is 14.8 Å². The van der Waals surface area contributed by atoms with Gasteiger partial charge in [-0.25, -0.2) is 0 Å². The summed E-state index contributed by atoms with van der Waals surface area (Å²) in [6.45, 7) is 2.38. The minimum atomic E-state index is -4.74. The first-order valence-electron chi connectivity index (χ1n) is 6.77. The van der Waals surface area contributed by atoms with E-state index in [1.165, 1.54) is 12.1 Å². The Bertz CT molecular complexity index is 652. The molecule has 7 heteroatoms. The quantitative estimate of drug-likeness (QED) is 0.894. The van der Waals surface area contributed by atoms with Crippen LogP contribution in [0.25, 0.3) is 0 Å². The standard InChI is InChI=1S/C16H14F3NO3/c1-2-22-13-7-3-11(4-8-13)15(21)20-12-5-9-14(10-6-12)23-16(17,18)19/h3-10H,2H2,1H3,(H,20,21). The van der Waals surface area contributed by atoms with E-state index in [2.05, 4.69) is 10.1 Å². The van der Waals surface area contributed by atoms with Gasteiger partial charge in [0.15, 0.2) is 0 Å². The number of halogens is 3. The van der Waals surface area contributed by atoms with Gasteiger partial charge in [-0.1, -0.05) is 0 Å². The molecule has 0 aliphatic rings. The molecule has 122 valence electrons. The Balaban J connectivity index is 1.99. The van der Waals surface area contributed by atoms with Gasteiger partial charge in [0.05, 0.1) is 6.61 Å². The molecular formula is C16H14F3NO3. The highest BCUT2D eigenvalue weighted by Crippen LogP contribution is 2.24. The third-order valence-electron chi connectivity index (χ3n) is 2.77. The zero-order chi connectivity index (χ0) is 16.9. The highest BCUT2D eigenvalue weighted by molar-refractivity contribution is 6.04. The Hall–Kier alpha value is -2.70. The minimum Gasteiger partial charge on any atom is -0.494 e. The molecule has 0 atom stereocenters. The van der Waals surface area contributed by atoms with Gasteiger partial charge in [-0.3, -0.25) is 4.79 Å². The van der Waals surface area contributed by atoms with E-state index in [0.29, 0.717) is 23.6 Å². The number of hydrogen-bond donors (Lipinski definition) is 1. The van der Waals surface area contributed by atoms with Crippen molar-refractivity contribution in [2.24, 2.45) is 0 Å². The van der Waals surface area contributed by atoms with E-state index in [9.17, 15) is 18.0 Å². The smallest absolute Gasteiger partial charge is 0.494 e. The zero-order valence-electron chi connectivity index (χ0n) is 12.2. The van der Waals surface area contributed by atoms with Crippen LogP contribution in [0.15, 0.2) is 48.5 Å². The minimum absolute atomic E-state index is 0.350. The third-order valence-corrected chi connectivity index (χ3v) is 2.77. The van der Waals surface area contributed by atoms with Gasteiger partial charge in [-0.05, 0) is 55.5 Å². The molecule has 0 heterocycles. The van der Waals surface area contributed by atoms with Crippen LogP contribution in [-0.4, -0.2) is 18.9 Å². The lowest BCUT2D eigenvalue weighted by Crippen LogP contribution is -2.17. The Morgan fingerprint density at radius 3 is 2.09 bits per heavy atom. The van der Waals surface area contributed by atoms with E-state index < -0.39 is 6.36 Å². The summed E-state index contributed by atoms with van der Waals surface area (Å²) in [6.07, 6.45) is -4.74. The number of alkyl halides is 3. The zero-order valence-corrected chi connectivity index (χ0v) is 12.2. The van der Waals surface area contributed by atoms with Crippen molar-refractivity contribution in [1.82, 2.24) is 0 Å². The van der Waals surface area contributed by atoms with Crippen LogP contribution in [0, 0.1) is 0 Å². The molecule has 0 saturated carbocycles. The van der Waals surface area contributed by atoms with Crippen LogP contribution in [0.2, 0.25) is 0 Å². The fourth-order valence-electron chi connectivity index (χ4n) is 1.81. The van der Waals surface area contributed by atoms with Crippen molar-refractivity contribution >= 4 is 11.6 Å². The van der Waals surface area contributed by atoms with Crippen molar-refractivity contribution in [3.8, 4) is 11.5 Å². The van der Waals surface area contributed by atoms with Crippen LogP contribution in [0.3, 0.4) is 0 Å². The molecule has 0 saturated heterocycles. The summed E-state index contributed by atoms with van der Waals surface area (Å²) < 4.78 is 45.2. The van der Waals surface area contributed by atoms with E-state index in [4.69, 9.17) is 4.74 Å². The average Bonchev–Trinajstić information content (AvgIpc) is 2.49. The van der Waals surface area contributed by atoms with Gasteiger partial charge < -0.3 is 14.8 Å². The monoisotopic (exact) mass is 325 g/mol. The maximum atomic E-state index is 12.1. The van der Waals surface area contributed by atoms with Crippen molar-refractivity contribution in [3.05, 3.63) is 54.1 Å². The number of rotatable bonds is 5. The van der Waals surface area contributed by atoms with E-state index >= 15 is 0 Å². The molecule has 1 N–H and O–H groups in total. The Labute approximate surface area is 130 Å². The number of carbonyl (C=O) groups is 1. The molecule has 0 aliphatic heterocycles. The van der Waals surface area contributed by atoms with Crippen molar-refractivity contribution in [3.63, 3.8) is 0 Å². The predicted molar refractivity (Wildman–Crippen MR) is 78.7 cm³/mol. The molecule has 1 amide bonds. The summed E-state index contributed by atoms with van der Waals surface area (Å²) in [6, 6.07) is 11.4. The van der Waals surface area contributed by atoms with Crippen molar-refractivity contribution in [2.75, 3.05) is 11.9 Å². The number of amides is 1. The summed E-state index contributed by atoms with van der Waals surface area (Å²) in [5.41, 5.74) is 0.766. The largest absolute Gasteiger partial charge is 0.573 e. The van der Waals surface area contributed by atoms with E-state index in [1.54, 1.807) is 24.3 Å². The molecule has 2 aromatic rings. The molecule has 0 spiro atoms. The highest BCUT2D eigenvalue weighted by atomic mass is 19.4. The highest BCUT2D eigenvalue weighted by Gasteiger charge is 2.30. The lowest BCUT2D eigenvalue weighted by atomic mass is 10.2. The second-order valence-electron chi connectivity index (χ2n) is 4.48. The number of hydrogen-bond acceptors (Lipinski definition) is 3. The van der Waals surface area contributed by atoms with Crippen molar-refractivity contribution in [1.29, 1.82) is 0 Å². The molecular weight excluding hydrogens is 311 g/mol. The molecule has 0 bridgehead atoms. The first kappa shape index (κ1) is 16.7. The SMILES string of the molecule is CCOc1ccc(C(=O)Nc2ccc(OC(F)(F)F)cc2)cc1.